The van der Waals surface area contributed by atoms with Crippen molar-refractivity contribution >= 4 is 21.6 Å². The predicted molar refractivity (Wildman–Crippen MR) is 63.4 cm³/mol. The molecule has 3 rings (SSSR count). The summed E-state index contributed by atoms with van der Waals surface area (Å²) in [4.78, 5) is 4.13. The van der Waals surface area contributed by atoms with E-state index in [2.05, 4.69) is 10.1 Å². The second kappa shape index (κ2) is 3.95. The summed E-state index contributed by atoms with van der Waals surface area (Å²) in [5.41, 5.74) is -0.504. The van der Waals surface area contributed by atoms with Crippen LogP contribution in [0.2, 0.25) is 0 Å². The van der Waals surface area contributed by atoms with Crippen LogP contribution in [-0.2, 0) is 6.18 Å². The molecule has 0 atom stereocenters. The molecular formula is C11H6F3N3OS. The molecule has 0 amide bonds. The van der Waals surface area contributed by atoms with Gasteiger partial charge < -0.3 is 5.11 Å². The number of aromatic hydroxyl groups is 1. The van der Waals surface area contributed by atoms with Gasteiger partial charge in [-0.05, 0) is 12.1 Å². The van der Waals surface area contributed by atoms with Gasteiger partial charge in [0.25, 0.3) is 0 Å². The zero-order valence-electron chi connectivity index (χ0n) is 9.22. The number of para-hydroxylation sites is 1. The van der Waals surface area contributed by atoms with Crippen molar-refractivity contribution in [2.75, 3.05) is 0 Å². The fourth-order valence-corrected chi connectivity index (χ4v) is 2.53. The maximum atomic E-state index is 12.5. The number of aromatic nitrogens is 3. The molecule has 0 aliphatic rings. The lowest BCUT2D eigenvalue weighted by Gasteiger charge is -1.99. The van der Waals surface area contributed by atoms with Gasteiger partial charge in [0.2, 0.25) is 11.0 Å². The quantitative estimate of drug-likeness (QED) is 0.747. The van der Waals surface area contributed by atoms with E-state index in [4.69, 9.17) is 0 Å². The van der Waals surface area contributed by atoms with Gasteiger partial charge in [-0.3, -0.25) is 0 Å². The van der Waals surface area contributed by atoms with E-state index in [1.807, 2.05) is 0 Å². The van der Waals surface area contributed by atoms with Crippen LogP contribution in [0.3, 0.4) is 0 Å². The summed E-state index contributed by atoms with van der Waals surface area (Å²) in [5.74, 6) is -0.591. The SMILES string of the molecule is Oc1cc(C(F)(F)F)nn1-c1nc2ccccc2s1. The number of halogens is 3. The fraction of sp³-hybridized carbons (Fsp3) is 0.0909. The van der Waals surface area contributed by atoms with Gasteiger partial charge in [-0.2, -0.15) is 23.0 Å². The Morgan fingerprint density at radius 3 is 2.58 bits per heavy atom. The van der Waals surface area contributed by atoms with Gasteiger partial charge >= 0.3 is 6.18 Å². The third-order valence-electron chi connectivity index (χ3n) is 2.44. The van der Waals surface area contributed by atoms with Crippen LogP contribution in [0.25, 0.3) is 15.3 Å². The first-order valence-electron chi connectivity index (χ1n) is 5.17. The zero-order chi connectivity index (χ0) is 13.6. The van der Waals surface area contributed by atoms with E-state index >= 15 is 0 Å². The second-order valence-electron chi connectivity index (χ2n) is 3.76. The molecule has 0 aliphatic carbocycles. The fourth-order valence-electron chi connectivity index (χ4n) is 1.60. The minimum atomic E-state index is -4.60. The summed E-state index contributed by atoms with van der Waals surface area (Å²) in [5, 5.41) is 13.1. The van der Waals surface area contributed by atoms with Gasteiger partial charge in [0, 0.05) is 6.07 Å². The highest BCUT2D eigenvalue weighted by Crippen LogP contribution is 2.33. The van der Waals surface area contributed by atoms with E-state index in [1.54, 1.807) is 24.3 Å². The van der Waals surface area contributed by atoms with Crippen LogP contribution in [0, 0.1) is 0 Å². The van der Waals surface area contributed by atoms with Crippen molar-refractivity contribution in [1.29, 1.82) is 0 Å². The first-order chi connectivity index (χ1) is 8.95. The Labute approximate surface area is 108 Å². The van der Waals surface area contributed by atoms with Gasteiger partial charge in [-0.1, -0.05) is 23.5 Å². The molecule has 19 heavy (non-hydrogen) atoms. The van der Waals surface area contributed by atoms with E-state index in [0.717, 1.165) is 20.7 Å². The Bertz CT molecular complexity index is 714. The summed E-state index contributed by atoms with van der Waals surface area (Å²) >= 11 is 1.15. The van der Waals surface area contributed by atoms with E-state index in [9.17, 15) is 18.3 Å². The Balaban J connectivity index is 2.13. The molecule has 0 aliphatic heterocycles. The molecular weight excluding hydrogens is 279 g/mol. The van der Waals surface area contributed by atoms with Crippen LogP contribution in [0.15, 0.2) is 30.3 Å². The van der Waals surface area contributed by atoms with Crippen molar-refractivity contribution in [2.24, 2.45) is 0 Å². The molecule has 2 heterocycles. The van der Waals surface area contributed by atoms with Gasteiger partial charge in [-0.25, -0.2) is 4.98 Å². The maximum absolute atomic E-state index is 12.5. The number of alkyl halides is 3. The summed E-state index contributed by atoms with van der Waals surface area (Å²) in [6, 6.07) is 7.68. The minimum absolute atomic E-state index is 0.189. The lowest BCUT2D eigenvalue weighted by molar-refractivity contribution is -0.141. The standard InChI is InChI=1S/C11H6F3N3OS/c12-11(13,14)8-5-9(18)17(16-8)10-15-6-3-1-2-4-7(6)19-10/h1-5,18H. The van der Waals surface area contributed by atoms with Crippen molar-refractivity contribution < 1.29 is 18.3 Å². The molecule has 0 bridgehead atoms. The molecule has 0 saturated carbocycles. The molecule has 1 N–H and O–H groups in total. The second-order valence-corrected chi connectivity index (χ2v) is 4.77. The van der Waals surface area contributed by atoms with Crippen molar-refractivity contribution in [3.63, 3.8) is 0 Å². The largest absolute Gasteiger partial charge is 0.493 e. The van der Waals surface area contributed by atoms with Crippen molar-refractivity contribution in [3.8, 4) is 11.0 Å². The van der Waals surface area contributed by atoms with E-state index in [1.165, 1.54) is 0 Å². The molecule has 98 valence electrons. The number of rotatable bonds is 1. The van der Waals surface area contributed by atoms with Gasteiger partial charge in [0.15, 0.2) is 5.69 Å². The van der Waals surface area contributed by atoms with Crippen LogP contribution in [-0.4, -0.2) is 19.9 Å². The number of benzene rings is 1. The lowest BCUT2D eigenvalue weighted by atomic mass is 10.3. The molecule has 0 fully saturated rings. The highest BCUT2D eigenvalue weighted by molar-refractivity contribution is 7.20. The molecule has 0 saturated heterocycles. The molecule has 8 heteroatoms. The van der Waals surface area contributed by atoms with E-state index < -0.39 is 17.8 Å². The van der Waals surface area contributed by atoms with Crippen molar-refractivity contribution in [1.82, 2.24) is 14.8 Å². The maximum Gasteiger partial charge on any atom is 0.435 e. The molecule has 0 spiro atoms. The molecule has 3 aromatic rings. The van der Waals surface area contributed by atoms with Crippen LogP contribution in [0.1, 0.15) is 5.69 Å². The molecule has 4 nitrogen and oxygen atoms in total. The van der Waals surface area contributed by atoms with Gasteiger partial charge in [0.05, 0.1) is 10.2 Å². The number of hydrogen-bond acceptors (Lipinski definition) is 4. The topological polar surface area (TPSA) is 50.9 Å². The van der Waals surface area contributed by atoms with Gasteiger partial charge in [-0.15, -0.1) is 0 Å². The van der Waals surface area contributed by atoms with Gasteiger partial charge in [0.1, 0.15) is 0 Å². The van der Waals surface area contributed by atoms with Crippen LogP contribution >= 0.6 is 11.3 Å². The van der Waals surface area contributed by atoms with E-state index in [-0.39, 0.29) is 5.13 Å². The third-order valence-corrected chi connectivity index (χ3v) is 3.46. The molecule has 1 aromatic carbocycles. The summed E-state index contributed by atoms with van der Waals surface area (Å²) in [7, 11) is 0. The number of nitrogens with zero attached hydrogens (tertiary/aromatic N) is 3. The zero-order valence-corrected chi connectivity index (χ0v) is 10.0. The third kappa shape index (κ3) is 2.03. The smallest absolute Gasteiger partial charge is 0.435 e. The Morgan fingerprint density at radius 2 is 1.95 bits per heavy atom. The molecule has 0 radical (unpaired) electrons. The van der Waals surface area contributed by atoms with Crippen molar-refractivity contribution in [2.45, 2.75) is 6.18 Å². The number of thiazole rings is 1. The Kier molecular flexibility index (Phi) is 2.49. The average molecular weight is 285 g/mol. The Morgan fingerprint density at radius 1 is 1.21 bits per heavy atom. The number of hydrogen-bond donors (Lipinski definition) is 1. The number of fused-ring (bicyclic) bond motifs is 1. The van der Waals surface area contributed by atoms with Crippen molar-refractivity contribution in [3.05, 3.63) is 36.0 Å². The predicted octanol–water partition coefficient (Wildman–Crippen LogP) is 3.21. The Hall–Kier alpha value is -2.09. The summed E-state index contributed by atoms with van der Waals surface area (Å²) in [6.45, 7) is 0. The van der Waals surface area contributed by atoms with E-state index in [0.29, 0.717) is 11.6 Å². The highest BCUT2D eigenvalue weighted by Gasteiger charge is 2.35. The molecule has 0 unspecified atom stereocenters. The lowest BCUT2D eigenvalue weighted by Crippen LogP contribution is -2.07. The first-order valence-corrected chi connectivity index (χ1v) is 5.99. The summed E-state index contributed by atoms with van der Waals surface area (Å²) < 4.78 is 39.1. The molecule has 2 aromatic heterocycles. The normalized spacial score (nSPS) is 12.2. The average Bonchev–Trinajstić information content (AvgIpc) is 2.90. The van der Waals surface area contributed by atoms with Crippen LogP contribution in [0.4, 0.5) is 13.2 Å². The summed E-state index contributed by atoms with van der Waals surface area (Å²) in [6.07, 6.45) is -4.60. The van der Waals surface area contributed by atoms with Crippen LogP contribution in [0.5, 0.6) is 5.88 Å². The first kappa shape index (κ1) is 12.0. The monoisotopic (exact) mass is 285 g/mol. The highest BCUT2D eigenvalue weighted by atomic mass is 32.1. The minimum Gasteiger partial charge on any atom is -0.493 e. The van der Waals surface area contributed by atoms with Crippen LogP contribution < -0.4 is 0 Å².